The molecule has 9 heteroatoms. The second-order valence-corrected chi connectivity index (χ2v) is 8.23. The van der Waals surface area contributed by atoms with E-state index in [1.165, 1.54) is 7.11 Å². The molecule has 0 aliphatic heterocycles. The Hall–Kier alpha value is -2.94. The Bertz CT molecular complexity index is 959. The molecule has 158 valence electrons. The van der Waals surface area contributed by atoms with Gasteiger partial charge in [0.2, 0.25) is 0 Å². The van der Waals surface area contributed by atoms with Crippen LogP contribution in [0.2, 0.25) is 0 Å². The summed E-state index contributed by atoms with van der Waals surface area (Å²) in [5.74, 6) is 1.29. The highest BCUT2D eigenvalue weighted by Gasteiger charge is 2.19. The normalized spacial score (nSPS) is 11.1. The molecule has 0 heterocycles. The van der Waals surface area contributed by atoms with E-state index in [2.05, 4.69) is 5.32 Å². The fourth-order valence-corrected chi connectivity index (χ4v) is 3.10. The maximum Gasteiger partial charge on any atom is 0.322 e. The van der Waals surface area contributed by atoms with E-state index in [0.29, 0.717) is 17.2 Å². The van der Waals surface area contributed by atoms with Gasteiger partial charge in [0, 0.05) is 18.7 Å². The highest BCUT2D eigenvalue weighted by atomic mass is 32.2. The van der Waals surface area contributed by atoms with Crippen LogP contribution in [-0.4, -0.2) is 45.9 Å². The van der Waals surface area contributed by atoms with E-state index in [0.717, 1.165) is 11.8 Å². The first-order valence-electron chi connectivity index (χ1n) is 8.91. The minimum Gasteiger partial charge on any atom is -0.497 e. The van der Waals surface area contributed by atoms with Crippen LogP contribution >= 0.6 is 0 Å². The van der Waals surface area contributed by atoms with Gasteiger partial charge < -0.3 is 23.9 Å². The molecular weight excluding hydrogens is 396 g/mol. The van der Waals surface area contributed by atoms with Gasteiger partial charge in [0.05, 0.1) is 26.2 Å². The van der Waals surface area contributed by atoms with Crippen LogP contribution in [0.25, 0.3) is 0 Å². The second kappa shape index (κ2) is 9.51. The van der Waals surface area contributed by atoms with E-state index in [9.17, 15) is 13.2 Å². The molecule has 0 aromatic heterocycles. The van der Waals surface area contributed by atoms with Gasteiger partial charge in [-0.05, 0) is 43.7 Å². The van der Waals surface area contributed by atoms with E-state index in [4.69, 9.17) is 13.7 Å². The minimum atomic E-state index is -3.63. The summed E-state index contributed by atoms with van der Waals surface area (Å²) in [5, 5.41) is 2.85. The van der Waals surface area contributed by atoms with E-state index in [1.807, 2.05) is 13.8 Å². The molecule has 0 unspecified atom stereocenters. The Balaban J connectivity index is 2.20. The Kier molecular flexibility index (Phi) is 7.33. The number of carbonyl (C=O) groups excluding carboxylic acids is 1. The Morgan fingerprint density at radius 3 is 2.38 bits per heavy atom. The standard InChI is InChI=1S/C20H26N2O6S/c1-14(2)22(13-15-7-6-8-17(11-15)28-29(5,24)25)20(23)21-18-10-9-16(26-3)12-19(18)27-4/h6-12,14H,13H2,1-5H3,(H,21,23). The number of urea groups is 1. The predicted molar refractivity (Wildman–Crippen MR) is 111 cm³/mol. The molecule has 29 heavy (non-hydrogen) atoms. The highest BCUT2D eigenvalue weighted by molar-refractivity contribution is 7.86. The molecule has 8 nitrogen and oxygen atoms in total. The Morgan fingerprint density at radius 1 is 1.07 bits per heavy atom. The van der Waals surface area contributed by atoms with Crippen molar-refractivity contribution in [2.45, 2.75) is 26.4 Å². The van der Waals surface area contributed by atoms with Crippen LogP contribution in [0.1, 0.15) is 19.4 Å². The van der Waals surface area contributed by atoms with Crippen LogP contribution in [-0.2, 0) is 16.7 Å². The van der Waals surface area contributed by atoms with Gasteiger partial charge in [-0.3, -0.25) is 0 Å². The van der Waals surface area contributed by atoms with Crippen LogP contribution in [0.4, 0.5) is 10.5 Å². The SMILES string of the molecule is COc1ccc(NC(=O)N(Cc2cccc(OS(C)(=O)=O)c2)C(C)C)c(OC)c1. The number of rotatable bonds is 8. The number of benzene rings is 2. The van der Waals surface area contributed by atoms with Gasteiger partial charge in [-0.2, -0.15) is 8.42 Å². The number of hydrogen-bond acceptors (Lipinski definition) is 6. The van der Waals surface area contributed by atoms with Gasteiger partial charge in [0.15, 0.2) is 0 Å². The van der Waals surface area contributed by atoms with E-state index in [-0.39, 0.29) is 24.4 Å². The maximum absolute atomic E-state index is 12.9. The van der Waals surface area contributed by atoms with E-state index >= 15 is 0 Å². The minimum absolute atomic E-state index is 0.112. The molecule has 0 aliphatic rings. The molecule has 0 spiro atoms. The third-order valence-corrected chi connectivity index (χ3v) is 4.53. The lowest BCUT2D eigenvalue weighted by Gasteiger charge is -2.27. The summed E-state index contributed by atoms with van der Waals surface area (Å²) < 4.78 is 38.1. The quantitative estimate of drug-likeness (QED) is 0.655. The fraction of sp³-hybridized carbons (Fsp3) is 0.350. The van der Waals surface area contributed by atoms with Crippen LogP contribution in [0.5, 0.6) is 17.2 Å². The maximum atomic E-state index is 12.9. The number of nitrogens with zero attached hydrogens (tertiary/aromatic N) is 1. The fourth-order valence-electron chi connectivity index (χ4n) is 2.64. The van der Waals surface area contributed by atoms with Gasteiger partial charge in [0.1, 0.15) is 17.2 Å². The first-order chi connectivity index (χ1) is 13.6. The molecular formula is C20H26N2O6S. The molecule has 0 saturated heterocycles. The van der Waals surface area contributed by atoms with Gasteiger partial charge in [0.25, 0.3) is 0 Å². The molecule has 0 atom stereocenters. The topological polar surface area (TPSA) is 94.2 Å². The zero-order chi connectivity index (χ0) is 21.6. The summed E-state index contributed by atoms with van der Waals surface area (Å²) in [5.41, 5.74) is 1.25. The Morgan fingerprint density at radius 2 is 1.79 bits per heavy atom. The van der Waals surface area contributed by atoms with E-state index < -0.39 is 10.1 Å². The number of anilines is 1. The lowest BCUT2D eigenvalue weighted by Crippen LogP contribution is -2.39. The molecule has 0 saturated carbocycles. The summed E-state index contributed by atoms with van der Waals surface area (Å²) in [6, 6.07) is 11.3. The molecule has 0 fully saturated rings. The monoisotopic (exact) mass is 422 g/mol. The predicted octanol–water partition coefficient (Wildman–Crippen LogP) is 3.48. The lowest BCUT2D eigenvalue weighted by molar-refractivity contribution is 0.193. The van der Waals surface area contributed by atoms with Crippen molar-refractivity contribution < 1.29 is 26.9 Å². The van der Waals surface area contributed by atoms with Crippen molar-refractivity contribution >= 4 is 21.8 Å². The number of carbonyl (C=O) groups is 1. The highest BCUT2D eigenvalue weighted by Crippen LogP contribution is 2.29. The summed E-state index contributed by atoms with van der Waals surface area (Å²) in [6.07, 6.45) is 0.982. The average Bonchev–Trinajstić information content (AvgIpc) is 2.65. The van der Waals surface area contributed by atoms with Gasteiger partial charge in [-0.25, -0.2) is 4.79 Å². The van der Waals surface area contributed by atoms with Crippen molar-refractivity contribution in [2.24, 2.45) is 0 Å². The van der Waals surface area contributed by atoms with Crippen LogP contribution in [0.3, 0.4) is 0 Å². The third-order valence-electron chi connectivity index (χ3n) is 4.03. The molecule has 2 rings (SSSR count). The number of methoxy groups -OCH3 is 2. The first kappa shape index (κ1) is 22.4. The molecule has 0 radical (unpaired) electrons. The summed E-state index contributed by atoms with van der Waals surface area (Å²) >= 11 is 0. The Labute approximate surface area is 171 Å². The molecule has 1 N–H and O–H groups in total. The number of hydrogen-bond donors (Lipinski definition) is 1. The van der Waals surface area contributed by atoms with Crippen LogP contribution in [0, 0.1) is 0 Å². The zero-order valence-corrected chi connectivity index (χ0v) is 17.9. The molecule has 0 aliphatic carbocycles. The molecule has 2 aromatic carbocycles. The third kappa shape index (κ3) is 6.56. The van der Waals surface area contributed by atoms with Crippen molar-refractivity contribution in [2.75, 3.05) is 25.8 Å². The van der Waals surface area contributed by atoms with Crippen molar-refractivity contribution in [3.05, 3.63) is 48.0 Å². The van der Waals surface area contributed by atoms with Crippen molar-refractivity contribution in [3.63, 3.8) is 0 Å². The van der Waals surface area contributed by atoms with Gasteiger partial charge >= 0.3 is 16.1 Å². The summed E-state index contributed by atoms with van der Waals surface area (Å²) in [6.45, 7) is 4.05. The number of ether oxygens (including phenoxy) is 2. The average molecular weight is 423 g/mol. The number of amides is 2. The first-order valence-corrected chi connectivity index (χ1v) is 10.7. The van der Waals surface area contributed by atoms with Crippen LogP contribution < -0.4 is 19.0 Å². The molecule has 2 aromatic rings. The van der Waals surface area contributed by atoms with Gasteiger partial charge in [-0.15, -0.1) is 0 Å². The lowest BCUT2D eigenvalue weighted by atomic mass is 10.2. The van der Waals surface area contributed by atoms with Crippen molar-refractivity contribution in [1.29, 1.82) is 0 Å². The smallest absolute Gasteiger partial charge is 0.322 e. The van der Waals surface area contributed by atoms with Crippen LogP contribution in [0.15, 0.2) is 42.5 Å². The second-order valence-electron chi connectivity index (χ2n) is 6.65. The van der Waals surface area contributed by atoms with Crippen molar-refractivity contribution in [3.8, 4) is 17.2 Å². The summed E-state index contributed by atoms with van der Waals surface area (Å²) in [7, 11) is -0.564. The van der Waals surface area contributed by atoms with E-state index in [1.54, 1.807) is 54.5 Å². The molecule has 2 amide bonds. The largest absolute Gasteiger partial charge is 0.497 e. The summed E-state index contributed by atoms with van der Waals surface area (Å²) in [4.78, 5) is 14.5. The zero-order valence-electron chi connectivity index (χ0n) is 17.1. The number of nitrogens with one attached hydrogen (secondary N) is 1. The molecule has 0 bridgehead atoms. The van der Waals surface area contributed by atoms with Gasteiger partial charge in [-0.1, -0.05) is 12.1 Å². The van der Waals surface area contributed by atoms with Crippen molar-refractivity contribution in [1.82, 2.24) is 4.90 Å².